The lowest BCUT2D eigenvalue weighted by atomic mass is 9.98. The Hall–Kier alpha value is -1.06. The highest BCUT2D eigenvalue weighted by Crippen LogP contribution is 2.24. The van der Waals surface area contributed by atoms with Crippen molar-refractivity contribution in [3.05, 3.63) is 34.9 Å². The van der Waals surface area contributed by atoms with Gasteiger partial charge in [0, 0.05) is 24.7 Å². The van der Waals surface area contributed by atoms with Crippen LogP contribution in [0.2, 0.25) is 5.02 Å². The molecule has 0 aromatic heterocycles. The van der Waals surface area contributed by atoms with Crippen LogP contribution in [0.15, 0.2) is 24.3 Å². The molecule has 0 radical (unpaired) electrons. The monoisotopic (exact) mass is 252 g/mol. The number of nitrogens with zero attached hydrogens (tertiary/aromatic N) is 1. The molecule has 1 saturated heterocycles. The zero-order valence-electron chi connectivity index (χ0n) is 9.90. The average Bonchev–Trinajstić information content (AvgIpc) is 2.63. The first-order chi connectivity index (χ1) is 8.06. The van der Waals surface area contributed by atoms with Gasteiger partial charge >= 0.3 is 0 Å². The van der Waals surface area contributed by atoms with E-state index in [4.69, 9.17) is 17.3 Å². The van der Waals surface area contributed by atoms with Gasteiger partial charge in [0.15, 0.2) is 0 Å². The first kappa shape index (κ1) is 12.4. The maximum absolute atomic E-state index is 11.2. The maximum atomic E-state index is 11.2. The summed E-state index contributed by atoms with van der Waals surface area (Å²) in [7, 11) is 0. The van der Waals surface area contributed by atoms with Gasteiger partial charge < -0.3 is 5.73 Å². The van der Waals surface area contributed by atoms with Crippen LogP contribution in [0.4, 0.5) is 0 Å². The van der Waals surface area contributed by atoms with Crippen LogP contribution in [0.3, 0.4) is 0 Å². The van der Waals surface area contributed by atoms with Gasteiger partial charge in [0.05, 0.1) is 5.92 Å². The molecule has 1 aromatic rings. The summed E-state index contributed by atoms with van der Waals surface area (Å²) < 4.78 is 0. The van der Waals surface area contributed by atoms with Crippen LogP contribution >= 0.6 is 11.6 Å². The summed E-state index contributed by atoms with van der Waals surface area (Å²) in [5.41, 5.74) is 6.60. The number of rotatable bonds is 3. The van der Waals surface area contributed by atoms with E-state index in [-0.39, 0.29) is 11.8 Å². The summed E-state index contributed by atoms with van der Waals surface area (Å²) in [5, 5.41) is 0.749. The zero-order valence-corrected chi connectivity index (χ0v) is 10.7. The Morgan fingerprint density at radius 2 is 2.06 bits per heavy atom. The van der Waals surface area contributed by atoms with Crippen LogP contribution < -0.4 is 5.73 Å². The molecule has 1 amide bonds. The third-order valence-electron chi connectivity index (χ3n) is 3.37. The van der Waals surface area contributed by atoms with E-state index in [1.807, 2.05) is 24.3 Å². The van der Waals surface area contributed by atoms with E-state index in [9.17, 15) is 4.79 Å². The smallest absolute Gasteiger partial charge is 0.222 e. The molecule has 1 fully saturated rings. The van der Waals surface area contributed by atoms with Crippen molar-refractivity contribution in [2.45, 2.75) is 13.5 Å². The summed E-state index contributed by atoms with van der Waals surface area (Å²) in [6.07, 6.45) is 0. The van der Waals surface area contributed by atoms with E-state index >= 15 is 0 Å². The second-order valence-electron chi connectivity index (χ2n) is 4.81. The Morgan fingerprint density at radius 1 is 1.41 bits per heavy atom. The van der Waals surface area contributed by atoms with Gasteiger partial charge in [-0.3, -0.25) is 9.69 Å². The number of likely N-dealkylation sites (tertiary alicyclic amines) is 1. The van der Waals surface area contributed by atoms with E-state index in [1.54, 1.807) is 0 Å². The molecule has 17 heavy (non-hydrogen) atoms. The van der Waals surface area contributed by atoms with Gasteiger partial charge in [0.2, 0.25) is 5.91 Å². The van der Waals surface area contributed by atoms with Crippen LogP contribution in [0.5, 0.6) is 0 Å². The number of carbonyl (C=O) groups excluding carboxylic acids is 1. The van der Waals surface area contributed by atoms with Crippen LogP contribution in [0.1, 0.15) is 12.5 Å². The Morgan fingerprint density at radius 3 is 2.59 bits per heavy atom. The van der Waals surface area contributed by atoms with Gasteiger partial charge in [0.1, 0.15) is 0 Å². The number of carbonyl (C=O) groups is 1. The maximum Gasteiger partial charge on any atom is 0.222 e. The van der Waals surface area contributed by atoms with Crippen molar-refractivity contribution in [2.75, 3.05) is 13.1 Å². The lowest BCUT2D eigenvalue weighted by Crippen LogP contribution is -2.29. The minimum atomic E-state index is -0.184. The first-order valence-electron chi connectivity index (χ1n) is 5.82. The normalized spacial score (nSPS) is 25.1. The fourth-order valence-corrected chi connectivity index (χ4v) is 2.54. The summed E-state index contributed by atoms with van der Waals surface area (Å²) in [5.74, 6) is 0.151. The fraction of sp³-hybridized carbons (Fsp3) is 0.462. The van der Waals surface area contributed by atoms with Crippen molar-refractivity contribution in [2.24, 2.45) is 17.6 Å². The minimum Gasteiger partial charge on any atom is -0.369 e. The van der Waals surface area contributed by atoms with E-state index in [0.717, 1.165) is 24.7 Å². The molecule has 4 heteroatoms. The summed E-state index contributed by atoms with van der Waals surface area (Å²) >= 11 is 5.84. The molecule has 1 heterocycles. The van der Waals surface area contributed by atoms with Crippen molar-refractivity contribution in [1.82, 2.24) is 4.90 Å². The van der Waals surface area contributed by atoms with Crippen molar-refractivity contribution in [1.29, 1.82) is 0 Å². The molecule has 3 nitrogen and oxygen atoms in total. The van der Waals surface area contributed by atoms with Crippen molar-refractivity contribution >= 4 is 17.5 Å². The molecule has 2 rings (SSSR count). The van der Waals surface area contributed by atoms with Gasteiger partial charge in [-0.1, -0.05) is 30.7 Å². The second-order valence-corrected chi connectivity index (χ2v) is 5.24. The number of amides is 1. The van der Waals surface area contributed by atoms with Crippen molar-refractivity contribution in [3.8, 4) is 0 Å². The molecule has 1 aromatic carbocycles. The molecule has 0 spiro atoms. The Balaban J connectivity index is 1.97. The van der Waals surface area contributed by atoms with Crippen LogP contribution in [-0.2, 0) is 11.3 Å². The standard InChI is InChI=1S/C13H17ClN2O/c1-9-6-16(8-12(9)13(15)17)7-10-2-4-11(14)5-3-10/h2-5,9,12H,6-8H2,1H3,(H2,15,17)/t9-,12-/m1/s1. The van der Waals surface area contributed by atoms with Gasteiger partial charge in [0.25, 0.3) is 0 Å². The predicted molar refractivity (Wildman–Crippen MR) is 68.6 cm³/mol. The molecule has 0 saturated carbocycles. The van der Waals surface area contributed by atoms with Crippen LogP contribution in [-0.4, -0.2) is 23.9 Å². The van der Waals surface area contributed by atoms with Gasteiger partial charge in [-0.05, 0) is 23.6 Å². The predicted octanol–water partition coefficient (Wildman–Crippen LogP) is 1.89. The molecular formula is C13H17ClN2O. The largest absolute Gasteiger partial charge is 0.369 e. The van der Waals surface area contributed by atoms with Gasteiger partial charge in [-0.25, -0.2) is 0 Å². The zero-order chi connectivity index (χ0) is 12.4. The first-order valence-corrected chi connectivity index (χ1v) is 6.20. The summed E-state index contributed by atoms with van der Waals surface area (Å²) in [6.45, 7) is 4.62. The van der Waals surface area contributed by atoms with Crippen molar-refractivity contribution in [3.63, 3.8) is 0 Å². The molecule has 92 valence electrons. The molecule has 1 aliphatic rings. The Labute approximate surface area is 107 Å². The molecule has 0 unspecified atom stereocenters. The summed E-state index contributed by atoms with van der Waals surface area (Å²) in [4.78, 5) is 13.5. The minimum absolute atomic E-state index is 0.0118. The molecule has 2 atom stereocenters. The average molecular weight is 253 g/mol. The van der Waals surface area contributed by atoms with E-state index in [2.05, 4.69) is 11.8 Å². The van der Waals surface area contributed by atoms with Crippen LogP contribution in [0.25, 0.3) is 0 Å². The Bertz CT molecular complexity index is 404. The highest BCUT2D eigenvalue weighted by Gasteiger charge is 2.33. The van der Waals surface area contributed by atoms with E-state index < -0.39 is 0 Å². The number of halogens is 1. The highest BCUT2D eigenvalue weighted by atomic mass is 35.5. The lowest BCUT2D eigenvalue weighted by Gasteiger charge is -2.15. The SMILES string of the molecule is C[C@@H]1CN(Cc2ccc(Cl)cc2)C[C@H]1C(N)=O. The summed E-state index contributed by atoms with van der Waals surface area (Å²) in [6, 6.07) is 7.82. The van der Waals surface area contributed by atoms with Gasteiger partial charge in [-0.2, -0.15) is 0 Å². The topological polar surface area (TPSA) is 46.3 Å². The highest BCUT2D eigenvalue weighted by molar-refractivity contribution is 6.30. The fourth-order valence-electron chi connectivity index (χ4n) is 2.41. The lowest BCUT2D eigenvalue weighted by molar-refractivity contribution is -0.122. The Kier molecular flexibility index (Phi) is 3.69. The number of nitrogens with two attached hydrogens (primary N) is 1. The second kappa shape index (κ2) is 5.07. The third kappa shape index (κ3) is 2.99. The molecule has 2 N–H and O–H groups in total. The number of hydrogen-bond donors (Lipinski definition) is 1. The van der Waals surface area contributed by atoms with Crippen molar-refractivity contribution < 1.29 is 4.79 Å². The van der Waals surface area contributed by atoms with E-state index in [1.165, 1.54) is 5.56 Å². The van der Waals surface area contributed by atoms with Crippen LogP contribution in [0, 0.1) is 11.8 Å². The molecular weight excluding hydrogens is 236 g/mol. The quantitative estimate of drug-likeness (QED) is 0.893. The van der Waals surface area contributed by atoms with Gasteiger partial charge in [-0.15, -0.1) is 0 Å². The third-order valence-corrected chi connectivity index (χ3v) is 3.62. The van der Waals surface area contributed by atoms with E-state index in [0.29, 0.717) is 5.92 Å². The number of hydrogen-bond acceptors (Lipinski definition) is 2. The molecule has 1 aliphatic heterocycles. The number of benzene rings is 1. The molecule has 0 bridgehead atoms. The number of primary amides is 1. The molecule has 0 aliphatic carbocycles.